The van der Waals surface area contributed by atoms with Gasteiger partial charge in [0.05, 0.1) is 12.8 Å². The van der Waals surface area contributed by atoms with Crippen LogP contribution in [0.4, 0.5) is 0 Å². The average Bonchev–Trinajstić information content (AvgIpc) is 2.37. The van der Waals surface area contributed by atoms with Crippen LogP contribution in [0.2, 0.25) is 0 Å². The lowest BCUT2D eigenvalue weighted by Gasteiger charge is -2.21. The maximum atomic E-state index is 8.89. The standard InChI is InChI=1S/C14H24N2O2/c1-5-16(7-6-8-17)10-13-12(3)14(18-4)11(2)9-15-13/h9,17H,5-8,10H2,1-4H3. The lowest BCUT2D eigenvalue weighted by atomic mass is 10.1. The molecule has 1 heterocycles. The molecule has 102 valence electrons. The number of ether oxygens (including phenoxy) is 1. The van der Waals surface area contributed by atoms with Crippen LogP contribution in [0.5, 0.6) is 5.75 Å². The van der Waals surface area contributed by atoms with Crippen molar-refractivity contribution in [2.24, 2.45) is 0 Å². The fourth-order valence-corrected chi connectivity index (χ4v) is 2.09. The van der Waals surface area contributed by atoms with Crippen LogP contribution in [-0.2, 0) is 6.54 Å². The third-order valence-electron chi connectivity index (χ3n) is 3.20. The van der Waals surface area contributed by atoms with E-state index >= 15 is 0 Å². The highest BCUT2D eigenvalue weighted by Gasteiger charge is 2.12. The molecule has 1 aromatic rings. The number of aliphatic hydroxyl groups excluding tert-OH is 1. The van der Waals surface area contributed by atoms with E-state index in [9.17, 15) is 0 Å². The van der Waals surface area contributed by atoms with E-state index in [2.05, 4.69) is 16.8 Å². The largest absolute Gasteiger partial charge is 0.496 e. The molecule has 0 unspecified atom stereocenters. The molecule has 0 atom stereocenters. The minimum absolute atomic E-state index is 0.236. The lowest BCUT2D eigenvalue weighted by molar-refractivity contribution is 0.223. The van der Waals surface area contributed by atoms with Gasteiger partial charge in [-0.1, -0.05) is 6.92 Å². The highest BCUT2D eigenvalue weighted by molar-refractivity contribution is 5.40. The summed E-state index contributed by atoms with van der Waals surface area (Å²) in [5.74, 6) is 0.929. The molecule has 0 amide bonds. The molecule has 0 spiro atoms. The Morgan fingerprint density at radius 3 is 2.67 bits per heavy atom. The second-order valence-electron chi connectivity index (χ2n) is 4.49. The first-order valence-corrected chi connectivity index (χ1v) is 6.46. The van der Waals surface area contributed by atoms with Crippen molar-refractivity contribution in [3.63, 3.8) is 0 Å². The van der Waals surface area contributed by atoms with Crippen molar-refractivity contribution in [3.8, 4) is 5.75 Å². The number of methoxy groups -OCH3 is 1. The number of rotatable bonds is 7. The Hall–Kier alpha value is -1.13. The van der Waals surface area contributed by atoms with Crippen LogP contribution in [0, 0.1) is 13.8 Å². The van der Waals surface area contributed by atoms with Gasteiger partial charge in [0.15, 0.2) is 0 Å². The van der Waals surface area contributed by atoms with Crippen LogP contribution >= 0.6 is 0 Å². The SMILES string of the molecule is CCN(CCCO)Cc1ncc(C)c(OC)c1C. The average molecular weight is 252 g/mol. The Bertz CT molecular complexity index is 380. The molecular formula is C14H24N2O2. The van der Waals surface area contributed by atoms with Gasteiger partial charge in [-0.25, -0.2) is 0 Å². The Labute approximate surface area is 110 Å². The van der Waals surface area contributed by atoms with E-state index in [1.807, 2.05) is 20.0 Å². The van der Waals surface area contributed by atoms with Crippen LogP contribution in [-0.4, -0.2) is 41.8 Å². The summed E-state index contributed by atoms with van der Waals surface area (Å²) in [6, 6.07) is 0. The summed E-state index contributed by atoms with van der Waals surface area (Å²) in [6.45, 7) is 9.07. The van der Waals surface area contributed by atoms with E-state index < -0.39 is 0 Å². The summed E-state index contributed by atoms with van der Waals surface area (Å²) < 4.78 is 5.41. The Morgan fingerprint density at radius 2 is 2.11 bits per heavy atom. The Balaban J connectivity index is 2.83. The first kappa shape index (κ1) is 14.9. The molecule has 0 saturated carbocycles. The summed E-state index contributed by atoms with van der Waals surface area (Å²) in [6.07, 6.45) is 2.66. The summed E-state index contributed by atoms with van der Waals surface area (Å²) >= 11 is 0. The van der Waals surface area contributed by atoms with Gasteiger partial charge in [0, 0.05) is 37.0 Å². The van der Waals surface area contributed by atoms with Crippen molar-refractivity contribution in [2.45, 2.75) is 33.7 Å². The van der Waals surface area contributed by atoms with Gasteiger partial charge in [0.25, 0.3) is 0 Å². The Morgan fingerprint density at radius 1 is 1.39 bits per heavy atom. The molecule has 1 rings (SSSR count). The first-order valence-electron chi connectivity index (χ1n) is 6.46. The maximum Gasteiger partial charge on any atom is 0.128 e. The van der Waals surface area contributed by atoms with Gasteiger partial charge in [-0.3, -0.25) is 9.88 Å². The first-order chi connectivity index (χ1) is 8.63. The molecule has 1 N–H and O–H groups in total. The normalized spacial score (nSPS) is 11.0. The quantitative estimate of drug-likeness (QED) is 0.805. The van der Waals surface area contributed by atoms with Gasteiger partial charge < -0.3 is 9.84 Å². The molecular weight excluding hydrogens is 228 g/mol. The minimum atomic E-state index is 0.236. The Kier molecular flexibility index (Phi) is 6.09. The zero-order valence-corrected chi connectivity index (χ0v) is 11.9. The molecule has 0 aliphatic carbocycles. The van der Waals surface area contributed by atoms with Crippen LogP contribution in [0.1, 0.15) is 30.2 Å². The molecule has 0 saturated heterocycles. The zero-order chi connectivity index (χ0) is 13.5. The van der Waals surface area contributed by atoms with Crippen molar-refractivity contribution in [1.29, 1.82) is 0 Å². The van der Waals surface area contributed by atoms with E-state index in [1.54, 1.807) is 7.11 Å². The zero-order valence-electron chi connectivity index (χ0n) is 11.9. The highest BCUT2D eigenvalue weighted by Crippen LogP contribution is 2.24. The van der Waals surface area contributed by atoms with Crippen LogP contribution < -0.4 is 4.74 Å². The van der Waals surface area contributed by atoms with Crippen molar-refractivity contribution < 1.29 is 9.84 Å². The third-order valence-corrected chi connectivity index (χ3v) is 3.20. The molecule has 1 aromatic heterocycles. The molecule has 0 aromatic carbocycles. The second kappa shape index (κ2) is 7.34. The highest BCUT2D eigenvalue weighted by atomic mass is 16.5. The van der Waals surface area contributed by atoms with Gasteiger partial charge in [-0.05, 0) is 26.8 Å². The van der Waals surface area contributed by atoms with Crippen molar-refractivity contribution in [1.82, 2.24) is 9.88 Å². The molecule has 4 heteroatoms. The van der Waals surface area contributed by atoms with E-state index in [1.165, 1.54) is 0 Å². The number of hydrogen-bond acceptors (Lipinski definition) is 4. The number of aryl methyl sites for hydroxylation is 1. The predicted octanol–water partition coefficient (Wildman–Crippen LogP) is 1.91. The van der Waals surface area contributed by atoms with E-state index in [-0.39, 0.29) is 6.61 Å². The monoisotopic (exact) mass is 252 g/mol. The molecule has 0 aliphatic rings. The molecule has 18 heavy (non-hydrogen) atoms. The smallest absolute Gasteiger partial charge is 0.128 e. The summed E-state index contributed by atoms with van der Waals surface area (Å²) in [4.78, 5) is 6.78. The van der Waals surface area contributed by atoms with Crippen LogP contribution in [0.15, 0.2) is 6.20 Å². The van der Waals surface area contributed by atoms with E-state index in [0.29, 0.717) is 0 Å². The number of hydrogen-bond donors (Lipinski definition) is 1. The number of pyridine rings is 1. The van der Waals surface area contributed by atoms with Gasteiger partial charge in [-0.15, -0.1) is 0 Å². The minimum Gasteiger partial charge on any atom is -0.496 e. The fourth-order valence-electron chi connectivity index (χ4n) is 2.09. The topological polar surface area (TPSA) is 45.6 Å². The van der Waals surface area contributed by atoms with Gasteiger partial charge >= 0.3 is 0 Å². The summed E-state index contributed by atoms with van der Waals surface area (Å²) in [5.41, 5.74) is 3.23. The summed E-state index contributed by atoms with van der Waals surface area (Å²) in [7, 11) is 1.70. The lowest BCUT2D eigenvalue weighted by Crippen LogP contribution is -2.25. The maximum absolute atomic E-state index is 8.89. The number of aromatic nitrogens is 1. The predicted molar refractivity (Wildman–Crippen MR) is 72.9 cm³/mol. The second-order valence-corrected chi connectivity index (χ2v) is 4.49. The van der Waals surface area contributed by atoms with Crippen molar-refractivity contribution in [3.05, 3.63) is 23.0 Å². The molecule has 0 fully saturated rings. The number of nitrogens with zero attached hydrogens (tertiary/aromatic N) is 2. The molecule has 0 radical (unpaired) electrons. The molecule has 0 aliphatic heterocycles. The van der Waals surface area contributed by atoms with Crippen molar-refractivity contribution in [2.75, 3.05) is 26.8 Å². The molecule has 0 bridgehead atoms. The molecule has 4 nitrogen and oxygen atoms in total. The summed E-state index contributed by atoms with van der Waals surface area (Å²) in [5, 5.41) is 8.89. The number of aliphatic hydroxyl groups is 1. The van der Waals surface area contributed by atoms with Crippen LogP contribution in [0.3, 0.4) is 0 Å². The van der Waals surface area contributed by atoms with E-state index in [4.69, 9.17) is 9.84 Å². The van der Waals surface area contributed by atoms with Gasteiger partial charge in [0.1, 0.15) is 5.75 Å². The van der Waals surface area contributed by atoms with Gasteiger partial charge in [0.2, 0.25) is 0 Å². The third kappa shape index (κ3) is 3.68. The van der Waals surface area contributed by atoms with E-state index in [0.717, 1.165) is 48.6 Å². The van der Waals surface area contributed by atoms with Crippen molar-refractivity contribution >= 4 is 0 Å². The van der Waals surface area contributed by atoms with Gasteiger partial charge in [-0.2, -0.15) is 0 Å². The fraction of sp³-hybridized carbons (Fsp3) is 0.643. The van der Waals surface area contributed by atoms with Crippen LogP contribution in [0.25, 0.3) is 0 Å².